The lowest BCUT2D eigenvalue weighted by Crippen LogP contribution is -2.31. The predicted octanol–water partition coefficient (Wildman–Crippen LogP) is 4.49. The number of carbonyl (C=O) groups excluding carboxylic acids is 1. The van der Waals surface area contributed by atoms with Gasteiger partial charge in [0.15, 0.2) is 0 Å². The Labute approximate surface area is 159 Å². The molecule has 0 saturated heterocycles. The third kappa shape index (κ3) is 4.56. The molecule has 27 heavy (non-hydrogen) atoms. The van der Waals surface area contributed by atoms with Gasteiger partial charge in [-0.3, -0.25) is 4.79 Å². The van der Waals surface area contributed by atoms with Crippen LogP contribution in [0.25, 0.3) is 17.1 Å². The molecule has 3 aromatic rings. The van der Waals surface area contributed by atoms with Crippen molar-refractivity contribution in [3.05, 3.63) is 66.0 Å². The number of hydrogen-bond donors (Lipinski definition) is 2. The highest BCUT2D eigenvalue weighted by Crippen LogP contribution is 2.23. The van der Waals surface area contributed by atoms with Gasteiger partial charge in [0.05, 0.1) is 23.7 Å². The fourth-order valence-electron chi connectivity index (χ4n) is 2.94. The second kappa shape index (κ2) is 8.54. The maximum atomic E-state index is 12.5. The first-order chi connectivity index (χ1) is 13.1. The molecule has 5 nitrogen and oxygen atoms in total. The van der Waals surface area contributed by atoms with E-state index in [1.54, 1.807) is 6.08 Å². The molecule has 1 atom stereocenters. The molecule has 1 amide bonds. The minimum atomic E-state index is -0.198. The van der Waals surface area contributed by atoms with Crippen molar-refractivity contribution >= 4 is 23.0 Å². The minimum Gasteiger partial charge on any atom is -0.493 e. The number of nitrogens with zero attached hydrogens (tertiary/aromatic N) is 1. The van der Waals surface area contributed by atoms with Gasteiger partial charge in [0.1, 0.15) is 11.6 Å². The fraction of sp³-hybridized carbons (Fsp3) is 0.273. The van der Waals surface area contributed by atoms with Crippen LogP contribution in [0.3, 0.4) is 0 Å². The first-order valence-electron chi connectivity index (χ1n) is 9.23. The maximum Gasteiger partial charge on any atom is 0.244 e. The number of H-pyrrole nitrogens is 1. The maximum absolute atomic E-state index is 12.5. The van der Waals surface area contributed by atoms with Crippen molar-refractivity contribution < 1.29 is 9.53 Å². The van der Waals surface area contributed by atoms with Gasteiger partial charge < -0.3 is 15.0 Å². The lowest BCUT2D eigenvalue weighted by molar-refractivity contribution is -0.117. The number of para-hydroxylation sites is 3. The molecule has 2 aromatic carbocycles. The summed E-state index contributed by atoms with van der Waals surface area (Å²) in [6, 6.07) is 15.3. The third-order valence-corrected chi connectivity index (χ3v) is 4.30. The molecule has 0 aliphatic heterocycles. The van der Waals surface area contributed by atoms with E-state index < -0.39 is 0 Å². The largest absolute Gasteiger partial charge is 0.493 e. The van der Waals surface area contributed by atoms with E-state index in [4.69, 9.17) is 4.74 Å². The van der Waals surface area contributed by atoms with E-state index in [-0.39, 0.29) is 17.9 Å². The van der Waals surface area contributed by atoms with Crippen LogP contribution in [0.15, 0.2) is 54.6 Å². The number of ether oxygens (including phenoxy) is 1. The summed E-state index contributed by atoms with van der Waals surface area (Å²) < 4.78 is 5.59. The number of hydrogen-bond acceptors (Lipinski definition) is 3. The van der Waals surface area contributed by atoms with Crippen molar-refractivity contribution in [2.24, 2.45) is 5.92 Å². The standard InChI is InChI=1S/C22H25N3O2/c1-4-27-19-12-8-5-9-16(19)13-14-20(26)25-21(15(2)3)22-23-17-10-6-7-11-18(17)24-22/h5-15,21H,4H2,1-3H3,(H,23,24)(H,25,26)/b14-13+. The predicted molar refractivity (Wildman–Crippen MR) is 108 cm³/mol. The minimum absolute atomic E-state index is 0.166. The number of rotatable bonds is 7. The molecule has 0 radical (unpaired) electrons. The number of aromatic amines is 1. The Balaban J connectivity index is 1.76. The molecule has 1 unspecified atom stereocenters. The van der Waals surface area contributed by atoms with Crippen molar-refractivity contribution in [3.8, 4) is 5.75 Å². The molecule has 0 fully saturated rings. The Morgan fingerprint density at radius 1 is 1.19 bits per heavy atom. The lowest BCUT2D eigenvalue weighted by atomic mass is 10.0. The van der Waals surface area contributed by atoms with Gasteiger partial charge in [0, 0.05) is 11.6 Å². The Bertz CT molecular complexity index is 910. The zero-order chi connectivity index (χ0) is 19.2. The van der Waals surface area contributed by atoms with Gasteiger partial charge in [-0.2, -0.15) is 0 Å². The highest BCUT2D eigenvalue weighted by atomic mass is 16.5. The summed E-state index contributed by atoms with van der Waals surface area (Å²) >= 11 is 0. The smallest absolute Gasteiger partial charge is 0.244 e. The van der Waals surface area contributed by atoms with Crippen molar-refractivity contribution in [2.75, 3.05) is 6.61 Å². The molecule has 0 bridgehead atoms. The topological polar surface area (TPSA) is 67.0 Å². The monoisotopic (exact) mass is 363 g/mol. The highest BCUT2D eigenvalue weighted by molar-refractivity contribution is 5.92. The Hall–Kier alpha value is -3.08. The third-order valence-electron chi connectivity index (χ3n) is 4.30. The quantitative estimate of drug-likeness (QED) is 0.608. The van der Waals surface area contributed by atoms with Crippen molar-refractivity contribution in [1.29, 1.82) is 0 Å². The highest BCUT2D eigenvalue weighted by Gasteiger charge is 2.21. The SMILES string of the molecule is CCOc1ccccc1/C=C/C(=O)NC(c1nc2ccccc2[nH]1)C(C)C. The van der Waals surface area contributed by atoms with E-state index >= 15 is 0 Å². The van der Waals surface area contributed by atoms with Gasteiger partial charge in [-0.05, 0) is 37.1 Å². The van der Waals surface area contributed by atoms with E-state index in [0.29, 0.717) is 6.61 Å². The summed E-state index contributed by atoms with van der Waals surface area (Å²) in [6.45, 7) is 6.64. The molecule has 0 saturated carbocycles. The summed E-state index contributed by atoms with van der Waals surface area (Å²) in [5.74, 6) is 1.56. The fourth-order valence-corrected chi connectivity index (χ4v) is 2.94. The molecule has 5 heteroatoms. The number of amides is 1. The zero-order valence-electron chi connectivity index (χ0n) is 15.9. The Morgan fingerprint density at radius 2 is 1.93 bits per heavy atom. The first-order valence-corrected chi connectivity index (χ1v) is 9.23. The van der Waals surface area contributed by atoms with Crippen LogP contribution in [0.4, 0.5) is 0 Å². The zero-order valence-corrected chi connectivity index (χ0v) is 15.9. The van der Waals surface area contributed by atoms with E-state index in [9.17, 15) is 4.79 Å². The van der Waals surface area contributed by atoms with Gasteiger partial charge in [0.25, 0.3) is 0 Å². The number of benzene rings is 2. The number of imidazole rings is 1. The average Bonchev–Trinajstić information content (AvgIpc) is 3.09. The molecule has 1 aromatic heterocycles. The summed E-state index contributed by atoms with van der Waals surface area (Å²) in [6.07, 6.45) is 3.31. The van der Waals surface area contributed by atoms with Crippen LogP contribution >= 0.6 is 0 Å². The van der Waals surface area contributed by atoms with Crippen LogP contribution in [-0.2, 0) is 4.79 Å². The van der Waals surface area contributed by atoms with Crippen LogP contribution in [0.1, 0.15) is 38.2 Å². The second-order valence-corrected chi connectivity index (χ2v) is 6.67. The van der Waals surface area contributed by atoms with Crippen molar-refractivity contribution in [1.82, 2.24) is 15.3 Å². The Kier molecular flexibility index (Phi) is 5.91. The molecule has 0 aliphatic carbocycles. The van der Waals surface area contributed by atoms with Gasteiger partial charge in [-0.1, -0.05) is 44.2 Å². The molecule has 2 N–H and O–H groups in total. The summed E-state index contributed by atoms with van der Waals surface area (Å²) in [5, 5.41) is 3.06. The molecule has 0 spiro atoms. The molecule has 1 heterocycles. The van der Waals surface area contributed by atoms with E-state index in [2.05, 4.69) is 29.1 Å². The van der Waals surface area contributed by atoms with Crippen LogP contribution in [0, 0.1) is 5.92 Å². The molecule has 140 valence electrons. The summed E-state index contributed by atoms with van der Waals surface area (Å²) in [4.78, 5) is 20.5. The van der Waals surface area contributed by atoms with Crippen LogP contribution in [0.2, 0.25) is 0 Å². The van der Waals surface area contributed by atoms with Gasteiger partial charge in [0.2, 0.25) is 5.91 Å². The molecular formula is C22H25N3O2. The molecule has 3 rings (SSSR count). The van der Waals surface area contributed by atoms with Crippen LogP contribution < -0.4 is 10.1 Å². The van der Waals surface area contributed by atoms with E-state index in [0.717, 1.165) is 28.2 Å². The van der Waals surface area contributed by atoms with Gasteiger partial charge >= 0.3 is 0 Å². The number of fused-ring (bicyclic) bond motifs is 1. The van der Waals surface area contributed by atoms with Crippen LogP contribution in [-0.4, -0.2) is 22.5 Å². The number of nitrogens with one attached hydrogen (secondary N) is 2. The molecule has 0 aliphatic rings. The van der Waals surface area contributed by atoms with Crippen LogP contribution in [0.5, 0.6) is 5.75 Å². The average molecular weight is 363 g/mol. The second-order valence-electron chi connectivity index (χ2n) is 6.67. The van der Waals surface area contributed by atoms with Gasteiger partial charge in [-0.25, -0.2) is 4.98 Å². The van der Waals surface area contributed by atoms with Crippen molar-refractivity contribution in [2.45, 2.75) is 26.8 Å². The first kappa shape index (κ1) is 18.7. The lowest BCUT2D eigenvalue weighted by Gasteiger charge is -2.19. The van der Waals surface area contributed by atoms with Gasteiger partial charge in [-0.15, -0.1) is 0 Å². The summed E-state index contributed by atoms with van der Waals surface area (Å²) in [5.41, 5.74) is 2.74. The summed E-state index contributed by atoms with van der Waals surface area (Å²) in [7, 11) is 0. The van der Waals surface area contributed by atoms with E-state index in [1.165, 1.54) is 6.08 Å². The number of carbonyl (C=O) groups is 1. The molecular weight excluding hydrogens is 338 g/mol. The van der Waals surface area contributed by atoms with E-state index in [1.807, 2.05) is 55.5 Å². The normalized spacial score (nSPS) is 12.6. The number of aromatic nitrogens is 2. The van der Waals surface area contributed by atoms with Crippen molar-refractivity contribution in [3.63, 3.8) is 0 Å². The Morgan fingerprint density at radius 3 is 2.67 bits per heavy atom.